The first-order valence-corrected chi connectivity index (χ1v) is 4.18. The van der Waals surface area contributed by atoms with Crippen LogP contribution in [-0.4, -0.2) is 25.2 Å². The maximum Gasteiger partial charge on any atom is 0.334 e. The minimum Gasteiger partial charge on any atom is -0.496 e. The topological polar surface area (TPSA) is 52.7 Å². The van der Waals surface area contributed by atoms with Crippen molar-refractivity contribution < 1.29 is 19.6 Å². The number of aliphatic hydroxyl groups excluding tert-OH is 1. The average Bonchev–Trinajstić information content (AvgIpc) is 2.16. The number of ether oxygens (including phenoxy) is 2. The Morgan fingerprint density at radius 2 is 1.64 bits per heavy atom. The van der Waals surface area contributed by atoms with Crippen LogP contribution in [0.25, 0.3) is 0 Å². The fourth-order valence-corrected chi connectivity index (χ4v) is 1.09. The fourth-order valence-electron chi connectivity index (χ4n) is 1.09. The molecular formula is C10H14NO3+. The van der Waals surface area contributed by atoms with Crippen LogP contribution >= 0.6 is 0 Å². The summed E-state index contributed by atoms with van der Waals surface area (Å²) in [6, 6.07) is 5.29. The Hall–Kier alpha value is -1.71. The Morgan fingerprint density at radius 3 is 2.00 bits per heavy atom. The highest BCUT2D eigenvalue weighted by atomic mass is 16.5. The zero-order valence-electron chi connectivity index (χ0n) is 8.50. The number of rotatable bonds is 3. The van der Waals surface area contributed by atoms with Crippen LogP contribution in [0.2, 0.25) is 0 Å². The fraction of sp³-hybridized carbons (Fsp3) is 0.300. The Balaban J connectivity index is 3.10. The molecule has 0 saturated carbocycles. The number of hydrogen-bond acceptors (Lipinski definition) is 2. The summed E-state index contributed by atoms with van der Waals surface area (Å²) < 4.78 is 10.1. The van der Waals surface area contributed by atoms with Gasteiger partial charge in [0.25, 0.3) is 0 Å². The second-order valence-electron chi connectivity index (χ2n) is 2.81. The lowest BCUT2D eigenvalue weighted by Gasteiger charge is -2.02. The lowest BCUT2D eigenvalue weighted by molar-refractivity contribution is -0.366. The monoisotopic (exact) mass is 196 g/mol. The minimum absolute atomic E-state index is 0.125. The molecule has 0 heterocycles. The van der Waals surface area contributed by atoms with E-state index in [0.29, 0.717) is 11.5 Å². The largest absolute Gasteiger partial charge is 0.496 e. The Bertz CT molecular complexity index is 321. The quantitative estimate of drug-likeness (QED) is 0.543. The van der Waals surface area contributed by atoms with Crippen LogP contribution in [0.1, 0.15) is 6.92 Å². The molecule has 0 aliphatic rings. The van der Waals surface area contributed by atoms with Gasteiger partial charge < -0.3 is 14.6 Å². The summed E-state index contributed by atoms with van der Waals surface area (Å²) in [6.07, 6.45) is 0. The molecule has 76 valence electrons. The molecule has 0 radical (unpaired) electrons. The van der Waals surface area contributed by atoms with Crippen LogP contribution in [0.4, 0.5) is 5.69 Å². The Morgan fingerprint density at radius 1 is 1.14 bits per heavy atom. The van der Waals surface area contributed by atoms with Crippen molar-refractivity contribution in [3.63, 3.8) is 0 Å². The van der Waals surface area contributed by atoms with Crippen LogP contribution in [-0.2, 0) is 0 Å². The van der Waals surface area contributed by atoms with Crippen LogP contribution in [0.3, 0.4) is 0 Å². The van der Waals surface area contributed by atoms with Crippen molar-refractivity contribution in [1.29, 1.82) is 0 Å². The molecule has 0 bridgehead atoms. The first-order valence-electron chi connectivity index (χ1n) is 4.18. The highest BCUT2D eigenvalue weighted by Crippen LogP contribution is 2.22. The summed E-state index contributed by atoms with van der Waals surface area (Å²) in [6.45, 7) is 1.56. The molecule has 0 saturated heterocycles. The van der Waals surface area contributed by atoms with Crippen molar-refractivity contribution in [3.05, 3.63) is 18.2 Å². The third-order valence-corrected chi connectivity index (χ3v) is 1.68. The van der Waals surface area contributed by atoms with E-state index in [0.717, 1.165) is 5.69 Å². The zero-order chi connectivity index (χ0) is 10.6. The molecular weight excluding hydrogens is 182 g/mol. The lowest BCUT2D eigenvalue weighted by atomic mass is 10.3. The smallest absolute Gasteiger partial charge is 0.334 e. The molecule has 14 heavy (non-hydrogen) atoms. The van der Waals surface area contributed by atoms with Crippen LogP contribution < -0.4 is 14.5 Å². The summed E-state index contributed by atoms with van der Waals surface area (Å²) in [5.74, 6) is 1.47. The number of nitrogens with one attached hydrogen (secondary N) is 1. The minimum atomic E-state index is 0.125. The van der Waals surface area contributed by atoms with E-state index in [-0.39, 0.29) is 5.90 Å². The van der Waals surface area contributed by atoms with E-state index in [1.165, 1.54) is 0 Å². The molecule has 0 aromatic heterocycles. The SMILES string of the molecule is COc1cc([NH+]=C(C)O)cc(OC)c1. The third-order valence-electron chi connectivity index (χ3n) is 1.68. The Kier molecular flexibility index (Phi) is 3.34. The number of methoxy groups -OCH3 is 2. The predicted molar refractivity (Wildman–Crippen MR) is 53.5 cm³/mol. The van der Waals surface area contributed by atoms with E-state index in [1.54, 1.807) is 39.3 Å². The normalized spacial score (nSPS) is 11.2. The first kappa shape index (κ1) is 10.4. The number of benzene rings is 1. The van der Waals surface area contributed by atoms with E-state index < -0.39 is 0 Å². The summed E-state index contributed by atoms with van der Waals surface area (Å²) in [5.41, 5.74) is 0.723. The van der Waals surface area contributed by atoms with E-state index in [9.17, 15) is 0 Å². The van der Waals surface area contributed by atoms with Crippen molar-refractivity contribution in [3.8, 4) is 11.5 Å². The molecule has 0 amide bonds. The van der Waals surface area contributed by atoms with E-state index in [1.807, 2.05) is 0 Å². The van der Waals surface area contributed by atoms with Gasteiger partial charge in [0, 0.05) is 6.07 Å². The van der Waals surface area contributed by atoms with Crippen molar-refractivity contribution in [2.75, 3.05) is 14.2 Å². The van der Waals surface area contributed by atoms with Crippen LogP contribution in [0.15, 0.2) is 18.2 Å². The van der Waals surface area contributed by atoms with Gasteiger partial charge >= 0.3 is 5.90 Å². The van der Waals surface area contributed by atoms with Crippen molar-refractivity contribution >= 4 is 11.6 Å². The summed E-state index contributed by atoms with van der Waals surface area (Å²) >= 11 is 0. The second kappa shape index (κ2) is 4.50. The highest BCUT2D eigenvalue weighted by Gasteiger charge is 2.05. The van der Waals surface area contributed by atoms with Gasteiger partial charge in [0.05, 0.1) is 33.3 Å². The molecule has 2 N–H and O–H groups in total. The van der Waals surface area contributed by atoms with E-state index >= 15 is 0 Å². The molecule has 1 aromatic rings. The molecule has 1 aromatic carbocycles. The first-order chi connectivity index (χ1) is 6.65. The molecule has 0 aliphatic heterocycles. The van der Waals surface area contributed by atoms with Gasteiger partial charge in [0.2, 0.25) is 5.69 Å². The third kappa shape index (κ3) is 2.65. The van der Waals surface area contributed by atoms with E-state index in [2.05, 4.69) is 4.99 Å². The molecule has 0 unspecified atom stereocenters. The lowest BCUT2D eigenvalue weighted by Crippen LogP contribution is -2.65. The molecule has 0 aliphatic carbocycles. The maximum absolute atomic E-state index is 9.06. The van der Waals surface area contributed by atoms with Gasteiger partial charge in [-0.25, -0.2) is 0 Å². The molecule has 1 rings (SSSR count). The zero-order valence-corrected chi connectivity index (χ0v) is 8.50. The second-order valence-corrected chi connectivity index (χ2v) is 2.81. The highest BCUT2D eigenvalue weighted by molar-refractivity contribution is 5.65. The number of hydrogen-bond donors (Lipinski definition) is 2. The van der Waals surface area contributed by atoms with Crippen LogP contribution in [0, 0.1) is 0 Å². The van der Waals surface area contributed by atoms with Gasteiger partial charge in [-0.1, -0.05) is 0 Å². The van der Waals surface area contributed by atoms with E-state index in [4.69, 9.17) is 14.6 Å². The molecule has 0 spiro atoms. The number of aliphatic hydroxyl groups is 1. The van der Waals surface area contributed by atoms with Gasteiger partial charge in [-0.15, -0.1) is 0 Å². The Labute approximate surface area is 82.8 Å². The molecule has 0 atom stereocenters. The van der Waals surface area contributed by atoms with Gasteiger partial charge in [-0.05, 0) is 0 Å². The van der Waals surface area contributed by atoms with Crippen molar-refractivity contribution in [2.24, 2.45) is 0 Å². The molecule has 4 heteroatoms. The summed E-state index contributed by atoms with van der Waals surface area (Å²) in [4.78, 5) is 2.77. The standard InChI is InChI=1S/C10H13NO3/c1-7(12)11-8-4-9(13-2)6-10(5-8)14-3/h4-6H,1-3H3,(H,11,12)/p+1. The molecule has 4 nitrogen and oxygen atoms in total. The van der Waals surface area contributed by atoms with Gasteiger partial charge in [0.1, 0.15) is 11.5 Å². The molecule has 0 fully saturated rings. The summed E-state index contributed by atoms with van der Waals surface area (Å²) in [5, 5.41) is 9.06. The predicted octanol–water partition coefficient (Wildman–Crippen LogP) is 0.392. The van der Waals surface area contributed by atoms with Crippen LogP contribution in [0.5, 0.6) is 11.5 Å². The van der Waals surface area contributed by atoms with Gasteiger partial charge in [-0.3, -0.25) is 0 Å². The summed E-state index contributed by atoms with van der Waals surface area (Å²) in [7, 11) is 3.15. The van der Waals surface area contributed by atoms with Gasteiger partial charge in [-0.2, -0.15) is 4.99 Å². The van der Waals surface area contributed by atoms with Crippen molar-refractivity contribution in [1.82, 2.24) is 0 Å². The maximum atomic E-state index is 9.06. The average molecular weight is 196 g/mol. The van der Waals surface area contributed by atoms with Gasteiger partial charge in [0.15, 0.2) is 0 Å². The van der Waals surface area contributed by atoms with Crippen molar-refractivity contribution in [2.45, 2.75) is 6.92 Å².